The van der Waals surface area contributed by atoms with Crippen molar-refractivity contribution in [3.8, 4) is 5.75 Å². The monoisotopic (exact) mass is 357 g/mol. The number of amides is 1. The summed E-state index contributed by atoms with van der Waals surface area (Å²) in [5.41, 5.74) is 1.14. The molecule has 0 bridgehead atoms. The summed E-state index contributed by atoms with van der Waals surface area (Å²) in [6, 6.07) is 3.14. The first kappa shape index (κ1) is 16.8. The van der Waals surface area contributed by atoms with E-state index in [2.05, 4.69) is 0 Å². The summed E-state index contributed by atoms with van der Waals surface area (Å²) in [5, 5.41) is 18.8. The quantitative estimate of drug-likeness (QED) is 0.637. The van der Waals surface area contributed by atoms with Crippen LogP contribution in [0.4, 0.5) is 0 Å². The Balaban J connectivity index is 2.25. The van der Waals surface area contributed by atoms with Gasteiger partial charge in [0.25, 0.3) is 5.91 Å². The van der Waals surface area contributed by atoms with Gasteiger partial charge in [-0.25, -0.2) is 0 Å². The smallest absolute Gasteiger partial charge is 0.305 e. The van der Waals surface area contributed by atoms with Gasteiger partial charge in [0.05, 0.1) is 11.3 Å². The maximum atomic E-state index is 12.2. The molecule has 1 aliphatic heterocycles. The molecule has 22 heavy (non-hydrogen) atoms. The molecule has 2 N–H and O–H groups in total. The second-order valence-electron chi connectivity index (χ2n) is 4.62. The largest absolute Gasteiger partial charge is 0.508 e. The van der Waals surface area contributed by atoms with Gasteiger partial charge in [0.15, 0.2) is 0 Å². The third-order valence-electron chi connectivity index (χ3n) is 3.06. The van der Waals surface area contributed by atoms with Crippen LogP contribution in [0.3, 0.4) is 0 Å². The zero-order valence-electron chi connectivity index (χ0n) is 11.5. The zero-order valence-corrected chi connectivity index (χ0v) is 13.9. The number of rotatable bonds is 4. The van der Waals surface area contributed by atoms with Gasteiger partial charge >= 0.3 is 5.97 Å². The maximum absolute atomic E-state index is 12.2. The van der Waals surface area contributed by atoms with Crippen molar-refractivity contribution in [2.24, 2.45) is 0 Å². The molecule has 1 aromatic rings. The number of carbonyl (C=O) groups excluding carboxylic acids is 1. The van der Waals surface area contributed by atoms with E-state index in [9.17, 15) is 14.7 Å². The van der Waals surface area contributed by atoms with E-state index in [0.717, 1.165) is 11.8 Å². The van der Waals surface area contributed by atoms with Crippen molar-refractivity contribution in [1.82, 2.24) is 4.90 Å². The van der Waals surface area contributed by atoms with Gasteiger partial charge in [-0.05, 0) is 30.7 Å². The van der Waals surface area contributed by atoms with Crippen LogP contribution in [0.5, 0.6) is 5.75 Å². The van der Waals surface area contributed by atoms with Gasteiger partial charge < -0.3 is 10.2 Å². The summed E-state index contributed by atoms with van der Waals surface area (Å²) in [6.45, 7) is 1.73. The summed E-state index contributed by atoms with van der Waals surface area (Å²) < 4.78 is 0.319. The number of thioether (sulfide) groups is 1. The van der Waals surface area contributed by atoms with Gasteiger partial charge in [0.2, 0.25) is 0 Å². The third-order valence-corrected chi connectivity index (χ3v) is 4.83. The minimum Gasteiger partial charge on any atom is -0.508 e. The van der Waals surface area contributed by atoms with Crippen molar-refractivity contribution < 1.29 is 19.8 Å². The topological polar surface area (TPSA) is 77.8 Å². The number of nitrogens with zero attached hydrogens (tertiary/aromatic N) is 1. The van der Waals surface area contributed by atoms with E-state index < -0.39 is 5.97 Å². The second kappa shape index (κ2) is 6.68. The average molecular weight is 358 g/mol. The highest BCUT2D eigenvalue weighted by Gasteiger charge is 2.32. The Morgan fingerprint density at radius 3 is 2.77 bits per heavy atom. The van der Waals surface area contributed by atoms with Gasteiger partial charge in [-0.3, -0.25) is 14.5 Å². The molecule has 1 aromatic carbocycles. The van der Waals surface area contributed by atoms with Crippen molar-refractivity contribution in [2.75, 3.05) is 6.54 Å². The standard InChI is InChI=1S/C14H12ClNO4S2/c1-7-9(15)4-8(5-10(7)17)6-11-13(20)16(14(21)22-11)3-2-12(18)19/h4-6,17H,2-3H2,1H3,(H,18,19)/b11-6-. The Morgan fingerprint density at radius 2 is 2.18 bits per heavy atom. The number of aromatic hydroxyl groups is 1. The van der Waals surface area contributed by atoms with Crippen LogP contribution in [-0.4, -0.2) is 37.9 Å². The summed E-state index contributed by atoms with van der Waals surface area (Å²) in [7, 11) is 0. The highest BCUT2D eigenvalue weighted by atomic mass is 35.5. The summed E-state index contributed by atoms with van der Waals surface area (Å²) in [4.78, 5) is 24.5. The molecule has 0 saturated carbocycles. The number of hydrogen-bond donors (Lipinski definition) is 2. The van der Waals surface area contributed by atoms with E-state index in [1.165, 1.54) is 11.0 Å². The first-order valence-corrected chi connectivity index (χ1v) is 7.86. The molecule has 0 radical (unpaired) electrons. The molecule has 5 nitrogen and oxygen atoms in total. The second-order valence-corrected chi connectivity index (χ2v) is 6.71. The third kappa shape index (κ3) is 3.60. The summed E-state index contributed by atoms with van der Waals surface area (Å²) >= 11 is 12.2. The van der Waals surface area contributed by atoms with E-state index in [1.54, 1.807) is 19.1 Å². The molecule has 0 aliphatic carbocycles. The van der Waals surface area contributed by atoms with Gasteiger partial charge in [0.1, 0.15) is 10.1 Å². The van der Waals surface area contributed by atoms with Gasteiger partial charge in [0, 0.05) is 17.1 Å². The summed E-state index contributed by atoms with van der Waals surface area (Å²) in [6.07, 6.45) is 1.40. The molecule has 1 amide bonds. The van der Waals surface area contributed by atoms with E-state index in [0.29, 0.717) is 25.4 Å². The average Bonchev–Trinajstić information content (AvgIpc) is 2.68. The van der Waals surface area contributed by atoms with Gasteiger partial charge in [-0.2, -0.15) is 0 Å². The van der Waals surface area contributed by atoms with Crippen LogP contribution in [-0.2, 0) is 9.59 Å². The van der Waals surface area contributed by atoms with Crippen LogP contribution in [0, 0.1) is 6.92 Å². The van der Waals surface area contributed by atoms with Crippen molar-refractivity contribution in [1.29, 1.82) is 0 Å². The molecular formula is C14H12ClNO4S2. The normalized spacial score (nSPS) is 16.6. The van der Waals surface area contributed by atoms with Crippen molar-refractivity contribution in [2.45, 2.75) is 13.3 Å². The number of halogens is 1. The van der Waals surface area contributed by atoms with Gasteiger partial charge in [-0.1, -0.05) is 35.6 Å². The lowest BCUT2D eigenvalue weighted by Gasteiger charge is -2.12. The van der Waals surface area contributed by atoms with Crippen LogP contribution in [0.1, 0.15) is 17.5 Å². The van der Waals surface area contributed by atoms with E-state index in [-0.39, 0.29) is 24.6 Å². The molecule has 0 spiro atoms. The van der Waals surface area contributed by atoms with Crippen LogP contribution in [0.15, 0.2) is 17.0 Å². The number of carboxylic acids is 1. The Hall–Kier alpha value is -1.57. The van der Waals surface area contributed by atoms with Crippen molar-refractivity contribution >= 4 is 57.9 Å². The molecule has 1 fully saturated rings. The highest BCUT2D eigenvalue weighted by molar-refractivity contribution is 8.26. The number of thiocarbonyl (C=S) groups is 1. The fraction of sp³-hybridized carbons (Fsp3) is 0.214. The van der Waals surface area contributed by atoms with Crippen molar-refractivity contribution in [3.63, 3.8) is 0 Å². The van der Waals surface area contributed by atoms with Crippen LogP contribution in [0.25, 0.3) is 6.08 Å². The number of phenolic OH excluding ortho intramolecular Hbond substituents is 1. The number of hydrogen-bond acceptors (Lipinski definition) is 5. The van der Waals surface area contributed by atoms with Crippen LogP contribution >= 0.6 is 35.6 Å². The number of carbonyl (C=O) groups is 2. The maximum Gasteiger partial charge on any atom is 0.305 e. The Kier molecular flexibility index (Phi) is 5.10. The van der Waals surface area contributed by atoms with E-state index in [4.69, 9.17) is 28.9 Å². The molecule has 0 aromatic heterocycles. The zero-order chi connectivity index (χ0) is 16.4. The Labute approximate surface area is 141 Å². The first-order chi connectivity index (χ1) is 10.3. The Bertz CT molecular complexity index is 679. The molecule has 1 saturated heterocycles. The number of phenols is 1. The molecule has 1 aliphatic rings. The molecule has 116 valence electrons. The SMILES string of the molecule is Cc1c(O)cc(/C=C2\SC(=S)N(CCC(=O)O)C2=O)cc1Cl. The molecule has 1 heterocycles. The molecule has 0 atom stereocenters. The molecular weight excluding hydrogens is 346 g/mol. The fourth-order valence-electron chi connectivity index (χ4n) is 1.82. The molecule has 8 heteroatoms. The van der Waals surface area contributed by atoms with E-state index in [1.807, 2.05) is 0 Å². The first-order valence-electron chi connectivity index (χ1n) is 6.26. The predicted molar refractivity (Wildman–Crippen MR) is 90.0 cm³/mol. The highest BCUT2D eigenvalue weighted by Crippen LogP contribution is 2.34. The molecule has 2 rings (SSSR count). The lowest BCUT2D eigenvalue weighted by Crippen LogP contribution is -2.30. The van der Waals surface area contributed by atoms with Crippen LogP contribution < -0.4 is 0 Å². The van der Waals surface area contributed by atoms with Crippen LogP contribution in [0.2, 0.25) is 5.02 Å². The number of aliphatic carboxylic acids is 1. The van der Waals surface area contributed by atoms with Crippen molar-refractivity contribution in [3.05, 3.63) is 33.2 Å². The minimum atomic E-state index is -0.992. The Morgan fingerprint density at radius 1 is 1.50 bits per heavy atom. The molecule has 0 unspecified atom stereocenters. The number of carboxylic acid groups (broad SMARTS) is 1. The summed E-state index contributed by atoms with van der Waals surface area (Å²) in [5.74, 6) is -1.29. The minimum absolute atomic E-state index is 0.0389. The fourth-order valence-corrected chi connectivity index (χ4v) is 3.35. The van der Waals surface area contributed by atoms with Gasteiger partial charge in [-0.15, -0.1) is 0 Å². The number of benzene rings is 1. The predicted octanol–water partition coefficient (Wildman–Crippen LogP) is 3.03. The lowest BCUT2D eigenvalue weighted by atomic mass is 10.1. The van der Waals surface area contributed by atoms with E-state index >= 15 is 0 Å². The lowest BCUT2D eigenvalue weighted by molar-refractivity contribution is -0.137.